The van der Waals surface area contributed by atoms with Gasteiger partial charge in [0.15, 0.2) is 0 Å². The number of aliphatic hydroxyl groups excluding tert-OH is 1. The molecule has 1 atom stereocenters. The lowest BCUT2D eigenvalue weighted by Gasteiger charge is -2.24. The lowest BCUT2D eigenvalue weighted by atomic mass is 10.1. The first-order valence-corrected chi connectivity index (χ1v) is 9.22. The molecule has 1 aromatic rings. The fourth-order valence-electron chi connectivity index (χ4n) is 2.64. The van der Waals surface area contributed by atoms with Gasteiger partial charge in [0.25, 0.3) is 0 Å². The molecule has 1 N–H and O–H groups in total. The van der Waals surface area contributed by atoms with Gasteiger partial charge in [0, 0.05) is 13.1 Å². The Labute approximate surface area is 141 Å². The van der Waals surface area contributed by atoms with Crippen LogP contribution in [0.2, 0.25) is 0 Å². The van der Waals surface area contributed by atoms with Gasteiger partial charge in [0.1, 0.15) is 11.5 Å². The summed E-state index contributed by atoms with van der Waals surface area (Å²) in [5.41, 5.74) is 0.663. The van der Waals surface area contributed by atoms with Gasteiger partial charge in [-0.15, -0.1) is 0 Å². The first kappa shape index (κ1) is 18.5. The standard InChI is InChI=1S/C15H22N2O6S/c1-22-13-5-4-6-14(23-2)12(13)9-16-7-11(18)8-17(10-15(16)19)24(3,20)21/h4-6,11,18H,7-10H2,1-3H3. The molecule has 1 aliphatic heterocycles. The minimum atomic E-state index is -3.56. The molecule has 1 aromatic carbocycles. The van der Waals surface area contributed by atoms with Gasteiger partial charge in [0.05, 0.1) is 45.2 Å². The van der Waals surface area contributed by atoms with Crippen LogP contribution in [0.15, 0.2) is 18.2 Å². The van der Waals surface area contributed by atoms with E-state index in [4.69, 9.17) is 9.47 Å². The van der Waals surface area contributed by atoms with Crippen LogP contribution >= 0.6 is 0 Å². The fraction of sp³-hybridized carbons (Fsp3) is 0.533. The van der Waals surface area contributed by atoms with Crippen molar-refractivity contribution in [2.45, 2.75) is 12.6 Å². The van der Waals surface area contributed by atoms with Crippen LogP contribution in [0.5, 0.6) is 11.5 Å². The Morgan fingerprint density at radius 2 is 1.79 bits per heavy atom. The average molecular weight is 358 g/mol. The number of carbonyl (C=O) groups is 1. The number of β-amino-alcohol motifs (C(OH)–C–C–N with tert-alkyl or cyclic N) is 1. The summed E-state index contributed by atoms with van der Waals surface area (Å²) in [4.78, 5) is 13.9. The monoisotopic (exact) mass is 358 g/mol. The molecule has 1 saturated heterocycles. The summed E-state index contributed by atoms with van der Waals surface area (Å²) >= 11 is 0. The lowest BCUT2D eigenvalue weighted by molar-refractivity contribution is -0.131. The molecule has 0 radical (unpaired) electrons. The van der Waals surface area contributed by atoms with E-state index >= 15 is 0 Å². The molecular weight excluding hydrogens is 336 g/mol. The largest absolute Gasteiger partial charge is 0.496 e. The van der Waals surface area contributed by atoms with E-state index in [-0.39, 0.29) is 32.1 Å². The Morgan fingerprint density at radius 3 is 2.29 bits per heavy atom. The predicted octanol–water partition coefficient (Wildman–Crippen LogP) is -0.331. The molecule has 0 bridgehead atoms. The Balaban J connectivity index is 2.29. The average Bonchev–Trinajstić information content (AvgIpc) is 2.66. The van der Waals surface area contributed by atoms with E-state index in [1.165, 1.54) is 19.1 Å². The Bertz CT molecular complexity index is 684. The van der Waals surface area contributed by atoms with E-state index in [9.17, 15) is 18.3 Å². The smallest absolute Gasteiger partial charge is 0.238 e. The van der Waals surface area contributed by atoms with E-state index in [0.717, 1.165) is 10.6 Å². The van der Waals surface area contributed by atoms with E-state index in [1.54, 1.807) is 18.2 Å². The molecule has 8 nitrogen and oxygen atoms in total. The number of rotatable bonds is 5. The summed E-state index contributed by atoms with van der Waals surface area (Å²) < 4.78 is 35.0. The highest BCUT2D eigenvalue weighted by atomic mass is 32.2. The quantitative estimate of drug-likeness (QED) is 0.774. The van der Waals surface area contributed by atoms with E-state index < -0.39 is 16.1 Å². The number of carbonyl (C=O) groups excluding carboxylic acids is 1. The van der Waals surface area contributed by atoms with Gasteiger partial charge < -0.3 is 19.5 Å². The molecule has 0 saturated carbocycles. The molecule has 0 spiro atoms. The van der Waals surface area contributed by atoms with Gasteiger partial charge in [0.2, 0.25) is 15.9 Å². The minimum absolute atomic E-state index is 0.0338. The molecule has 1 fully saturated rings. The van der Waals surface area contributed by atoms with Gasteiger partial charge >= 0.3 is 0 Å². The van der Waals surface area contributed by atoms with Crippen molar-refractivity contribution in [1.29, 1.82) is 0 Å². The molecule has 0 aliphatic carbocycles. The number of nitrogens with zero attached hydrogens (tertiary/aromatic N) is 2. The van der Waals surface area contributed by atoms with Crippen LogP contribution in [0.1, 0.15) is 5.56 Å². The summed E-state index contributed by atoms with van der Waals surface area (Å²) in [6, 6.07) is 5.27. The molecule has 24 heavy (non-hydrogen) atoms. The van der Waals surface area contributed by atoms with Crippen LogP contribution < -0.4 is 9.47 Å². The van der Waals surface area contributed by atoms with Crippen LogP contribution in [0.25, 0.3) is 0 Å². The predicted molar refractivity (Wildman–Crippen MR) is 87.4 cm³/mol. The third-order valence-corrected chi connectivity index (χ3v) is 5.07. The second-order valence-electron chi connectivity index (χ2n) is 5.62. The Morgan fingerprint density at radius 1 is 1.21 bits per heavy atom. The second-order valence-corrected chi connectivity index (χ2v) is 7.61. The number of amides is 1. The molecule has 2 rings (SSSR count). The number of ether oxygens (including phenoxy) is 2. The van der Waals surface area contributed by atoms with Crippen LogP contribution in [0, 0.1) is 0 Å². The topological polar surface area (TPSA) is 96.4 Å². The summed E-state index contributed by atoms with van der Waals surface area (Å²) in [7, 11) is -0.527. The van der Waals surface area contributed by atoms with Crippen molar-refractivity contribution >= 4 is 15.9 Å². The van der Waals surface area contributed by atoms with Crippen molar-refractivity contribution in [1.82, 2.24) is 9.21 Å². The van der Waals surface area contributed by atoms with E-state index in [1.807, 2.05) is 0 Å². The van der Waals surface area contributed by atoms with Crippen molar-refractivity contribution in [3.05, 3.63) is 23.8 Å². The van der Waals surface area contributed by atoms with Gasteiger partial charge in [-0.25, -0.2) is 8.42 Å². The molecule has 1 unspecified atom stereocenters. The van der Waals surface area contributed by atoms with Gasteiger partial charge in [-0.1, -0.05) is 6.07 Å². The van der Waals surface area contributed by atoms with Crippen molar-refractivity contribution in [2.24, 2.45) is 0 Å². The van der Waals surface area contributed by atoms with E-state index in [0.29, 0.717) is 17.1 Å². The third kappa shape index (κ3) is 4.16. The van der Waals surface area contributed by atoms with Gasteiger partial charge in [-0.2, -0.15) is 4.31 Å². The highest BCUT2D eigenvalue weighted by molar-refractivity contribution is 7.88. The van der Waals surface area contributed by atoms with Crippen LogP contribution in [-0.4, -0.2) is 74.9 Å². The van der Waals surface area contributed by atoms with Crippen molar-refractivity contribution < 1.29 is 27.8 Å². The highest BCUT2D eigenvalue weighted by Gasteiger charge is 2.32. The number of benzene rings is 1. The lowest BCUT2D eigenvalue weighted by Crippen LogP contribution is -2.38. The first-order chi connectivity index (χ1) is 11.3. The number of sulfonamides is 1. The summed E-state index contributed by atoms with van der Waals surface area (Å²) in [6.07, 6.45) is 0.0539. The zero-order chi connectivity index (χ0) is 17.9. The van der Waals surface area contributed by atoms with Crippen molar-refractivity contribution in [2.75, 3.05) is 40.1 Å². The van der Waals surface area contributed by atoms with E-state index in [2.05, 4.69) is 0 Å². The molecular formula is C15H22N2O6S. The summed E-state index contributed by atoms with van der Waals surface area (Å²) in [6.45, 7) is -0.218. The number of hydrogen-bond acceptors (Lipinski definition) is 6. The van der Waals surface area contributed by atoms with Crippen LogP contribution in [0.3, 0.4) is 0 Å². The Hall–Kier alpha value is -1.84. The SMILES string of the molecule is COc1cccc(OC)c1CN1CC(O)CN(S(C)(=O)=O)CC1=O. The zero-order valence-electron chi connectivity index (χ0n) is 13.9. The molecule has 1 amide bonds. The summed E-state index contributed by atoms with van der Waals surface area (Å²) in [5.74, 6) is 0.728. The molecule has 0 aromatic heterocycles. The number of hydrogen-bond donors (Lipinski definition) is 1. The maximum absolute atomic E-state index is 12.4. The van der Waals surface area contributed by atoms with Crippen LogP contribution in [0.4, 0.5) is 0 Å². The van der Waals surface area contributed by atoms with Gasteiger partial charge in [-0.3, -0.25) is 4.79 Å². The molecule has 9 heteroatoms. The summed E-state index contributed by atoms with van der Waals surface area (Å²) in [5, 5.41) is 10.1. The van der Waals surface area contributed by atoms with Crippen molar-refractivity contribution in [3.8, 4) is 11.5 Å². The second kappa shape index (κ2) is 7.37. The fourth-order valence-corrected chi connectivity index (χ4v) is 3.43. The maximum atomic E-state index is 12.4. The maximum Gasteiger partial charge on any atom is 0.238 e. The van der Waals surface area contributed by atoms with Gasteiger partial charge in [-0.05, 0) is 12.1 Å². The number of methoxy groups -OCH3 is 2. The number of aliphatic hydroxyl groups is 1. The van der Waals surface area contributed by atoms with Crippen molar-refractivity contribution in [3.63, 3.8) is 0 Å². The zero-order valence-corrected chi connectivity index (χ0v) is 14.7. The molecule has 1 aliphatic rings. The van der Waals surface area contributed by atoms with Crippen LogP contribution in [-0.2, 0) is 21.4 Å². The molecule has 1 heterocycles. The highest BCUT2D eigenvalue weighted by Crippen LogP contribution is 2.30. The third-order valence-electron chi connectivity index (χ3n) is 3.86. The minimum Gasteiger partial charge on any atom is -0.496 e. The molecule has 134 valence electrons. The Kier molecular flexibility index (Phi) is 5.68. The normalized spacial score (nSPS) is 19.9. The first-order valence-electron chi connectivity index (χ1n) is 7.37.